The van der Waals surface area contributed by atoms with Gasteiger partial charge in [0.25, 0.3) is 0 Å². The molecule has 12 nitrogen and oxygen atoms in total. The second-order valence-electron chi connectivity index (χ2n) is 28.8. The molecule has 6 aromatic heterocycles. The molecule has 0 aliphatic heterocycles. The number of nitrogens with zero attached hydrogens (tertiary/aromatic N) is 10. The maximum atomic E-state index is 6.82. The molecule has 0 fully saturated rings. The summed E-state index contributed by atoms with van der Waals surface area (Å²) in [4.78, 5) is 41.6. The van der Waals surface area contributed by atoms with E-state index in [4.69, 9.17) is 48.7 Å². The van der Waals surface area contributed by atoms with Crippen LogP contribution in [0.2, 0.25) is 0 Å². The molecule has 12 heteroatoms. The van der Waals surface area contributed by atoms with Crippen molar-refractivity contribution < 1.29 is 8.83 Å². The van der Waals surface area contributed by atoms with Crippen molar-refractivity contribution in [3.8, 4) is 125 Å². The zero-order chi connectivity index (χ0) is 76.6. The fourth-order valence-electron chi connectivity index (χ4n) is 16.6. The smallest absolute Gasteiger partial charge is 0.164 e. The van der Waals surface area contributed by atoms with Gasteiger partial charge in [-0.2, -0.15) is 0 Å². The van der Waals surface area contributed by atoms with Crippen LogP contribution in [0.1, 0.15) is 0 Å². The Hall–Kier alpha value is -15.9. The molecule has 6 heterocycles. The molecule has 0 aliphatic rings. The van der Waals surface area contributed by atoms with Crippen LogP contribution in [0, 0.1) is 0 Å². The summed E-state index contributed by atoms with van der Waals surface area (Å²) in [7, 11) is 0. The van der Waals surface area contributed by atoms with Crippen molar-refractivity contribution >= 4 is 98.3 Å². The monoisotopic (exact) mass is 1480 g/mol. The van der Waals surface area contributed by atoms with Gasteiger partial charge in [-0.05, 0) is 152 Å². The average Bonchev–Trinajstić information content (AvgIpc) is 1.42. The molecule has 0 radical (unpaired) electrons. The van der Waals surface area contributed by atoms with E-state index in [1.54, 1.807) is 0 Å². The quantitative estimate of drug-likeness (QED) is 0.109. The predicted octanol–water partition coefficient (Wildman–Crippen LogP) is 26.3. The van der Waals surface area contributed by atoms with Crippen LogP contribution in [0.5, 0.6) is 0 Å². The Morgan fingerprint density at radius 3 is 0.948 bits per heavy atom. The number of hydrogen-bond acceptors (Lipinski definition) is 10. The highest BCUT2D eigenvalue weighted by Gasteiger charge is 2.27. The Labute approximate surface area is 664 Å². The van der Waals surface area contributed by atoms with Gasteiger partial charge in [0.2, 0.25) is 0 Å². The number of hydrogen-bond donors (Lipinski definition) is 0. The van der Waals surface area contributed by atoms with E-state index < -0.39 is 0 Å². The van der Waals surface area contributed by atoms with Gasteiger partial charge in [-0.3, -0.25) is 9.13 Å². The number of para-hydroxylation sites is 8. The van der Waals surface area contributed by atoms with E-state index in [0.29, 0.717) is 34.9 Å². The third kappa shape index (κ3) is 11.7. The summed E-state index contributed by atoms with van der Waals surface area (Å²) >= 11 is 0. The molecular weight excluding hydrogens is 1420 g/mol. The number of imidazole rings is 2. The van der Waals surface area contributed by atoms with Gasteiger partial charge < -0.3 is 8.83 Å². The Morgan fingerprint density at radius 2 is 0.509 bits per heavy atom. The summed E-state index contributed by atoms with van der Waals surface area (Å²) in [6.07, 6.45) is 0. The highest BCUT2D eigenvalue weighted by Crippen LogP contribution is 2.46. The molecule has 0 spiro atoms. The van der Waals surface area contributed by atoms with Gasteiger partial charge in [0.15, 0.2) is 34.9 Å². The Balaban J connectivity index is 0.000000141. The first-order valence-corrected chi connectivity index (χ1v) is 38.7. The van der Waals surface area contributed by atoms with Crippen LogP contribution in [-0.4, -0.2) is 49.0 Å². The van der Waals surface area contributed by atoms with Gasteiger partial charge in [-0.25, -0.2) is 39.9 Å². The van der Waals surface area contributed by atoms with Gasteiger partial charge in [-0.1, -0.05) is 291 Å². The third-order valence-corrected chi connectivity index (χ3v) is 21.9. The summed E-state index contributed by atoms with van der Waals surface area (Å²) in [5, 5.41) is 11.0. The minimum absolute atomic E-state index is 0.561. The minimum atomic E-state index is 0.561. The van der Waals surface area contributed by atoms with Crippen molar-refractivity contribution in [2.24, 2.45) is 0 Å². The van der Waals surface area contributed by atoms with Crippen LogP contribution in [0.25, 0.3) is 223 Å². The maximum Gasteiger partial charge on any atom is 0.164 e. The maximum absolute atomic E-state index is 6.82. The van der Waals surface area contributed by atoms with Crippen LogP contribution in [-0.2, 0) is 0 Å². The van der Waals surface area contributed by atoms with Crippen LogP contribution in [0.15, 0.2) is 397 Å². The molecule has 23 rings (SSSR count). The summed E-state index contributed by atoms with van der Waals surface area (Å²) in [6.45, 7) is 0. The van der Waals surface area contributed by atoms with E-state index in [1.807, 2.05) is 127 Å². The average molecular weight is 1490 g/mol. The topological polar surface area (TPSA) is 139 Å². The largest absolute Gasteiger partial charge is 0.455 e. The van der Waals surface area contributed by atoms with E-state index in [1.165, 1.54) is 26.9 Å². The fourth-order valence-corrected chi connectivity index (χ4v) is 16.6. The summed E-state index contributed by atoms with van der Waals surface area (Å²) in [5.41, 5.74) is 20.5. The lowest BCUT2D eigenvalue weighted by Gasteiger charge is -2.13. The molecular formula is C104H64N10O2. The summed E-state index contributed by atoms with van der Waals surface area (Å²) < 4.78 is 18.0. The van der Waals surface area contributed by atoms with Crippen molar-refractivity contribution in [3.05, 3.63) is 388 Å². The van der Waals surface area contributed by atoms with Gasteiger partial charge in [0.05, 0.1) is 33.2 Å². The van der Waals surface area contributed by atoms with E-state index in [2.05, 4.69) is 270 Å². The number of aromatic nitrogens is 10. The van der Waals surface area contributed by atoms with E-state index in [0.717, 1.165) is 161 Å². The Morgan fingerprint density at radius 1 is 0.190 bits per heavy atom. The van der Waals surface area contributed by atoms with Crippen LogP contribution >= 0.6 is 0 Å². The molecule has 116 heavy (non-hydrogen) atoms. The first kappa shape index (κ1) is 67.0. The van der Waals surface area contributed by atoms with Crippen molar-refractivity contribution in [2.75, 3.05) is 0 Å². The summed E-state index contributed by atoms with van der Waals surface area (Å²) in [5.74, 6) is 5.13. The molecule has 0 saturated heterocycles. The molecule has 0 bridgehead atoms. The summed E-state index contributed by atoms with van der Waals surface area (Å²) in [6, 6.07) is 133. The van der Waals surface area contributed by atoms with Crippen molar-refractivity contribution in [2.45, 2.75) is 0 Å². The molecule has 542 valence electrons. The molecule has 0 N–H and O–H groups in total. The van der Waals surface area contributed by atoms with E-state index in [-0.39, 0.29) is 0 Å². The van der Waals surface area contributed by atoms with Crippen molar-refractivity contribution in [1.29, 1.82) is 0 Å². The lowest BCUT2D eigenvalue weighted by atomic mass is 9.93. The Bertz CT molecular complexity index is 7660. The second-order valence-corrected chi connectivity index (χ2v) is 28.8. The third-order valence-electron chi connectivity index (χ3n) is 21.9. The zero-order valence-electron chi connectivity index (χ0n) is 62.2. The molecule has 0 atom stereocenters. The number of fused-ring (bicyclic) bond motifs is 14. The highest BCUT2D eigenvalue weighted by molar-refractivity contribution is 6.26. The van der Waals surface area contributed by atoms with Gasteiger partial charge in [-0.15, -0.1) is 0 Å². The molecule has 0 saturated carbocycles. The second kappa shape index (κ2) is 28.1. The molecule has 23 aromatic rings. The number of benzene rings is 17. The van der Waals surface area contributed by atoms with Gasteiger partial charge in [0, 0.05) is 66.3 Å². The fraction of sp³-hybridized carbons (Fsp3) is 0. The predicted molar refractivity (Wildman–Crippen MR) is 470 cm³/mol. The Kier molecular flexibility index (Phi) is 16.2. The van der Waals surface area contributed by atoms with Crippen molar-refractivity contribution in [1.82, 2.24) is 49.0 Å². The van der Waals surface area contributed by atoms with Crippen LogP contribution < -0.4 is 0 Å². The molecule has 0 amide bonds. The number of rotatable bonds is 12. The van der Waals surface area contributed by atoms with Crippen LogP contribution in [0.3, 0.4) is 0 Å². The highest BCUT2D eigenvalue weighted by atomic mass is 16.3. The molecule has 0 unspecified atom stereocenters. The molecule has 17 aromatic carbocycles. The van der Waals surface area contributed by atoms with Gasteiger partial charge >= 0.3 is 0 Å². The first-order chi connectivity index (χ1) is 57.5. The molecule has 0 aliphatic carbocycles. The van der Waals surface area contributed by atoms with Gasteiger partial charge in [0.1, 0.15) is 34.0 Å². The lowest BCUT2D eigenvalue weighted by molar-refractivity contribution is 0.669. The number of furan rings is 2. The minimum Gasteiger partial charge on any atom is -0.455 e. The zero-order valence-corrected chi connectivity index (χ0v) is 62.2. The standard InChI is InChI=1S/C52H31N5O.C52H33N5O/c1-3-15-32(16-4-1)49-54-50(33-29-30-39-37-21-8-7-19-35(37)36-20-9-10-22-38(36)43(39)31-33)56-51(55-49)41-24-14-28-46-47(41)40-23-13-25-42(48(40)58-46)52-53-44-26-11-12-27-45(44)57(52)34-17-5-2-6-18-34;1-5-17-34(18-6-1)37-31-38(35-19-7-2-8-20-35)33-39(32-37)50-54-49(36-21-9-3-10-22-36)55-51(56-50)42-26-16-30-46-47(42)41-25-15-27-43(48(41)58-46)52-53-44-28-13-14-29-45(44)57(52)40-23-11-4-12-24-40/h1-31H;1-33H. The van der Waals surface area contributed by atoms with E-state index in [9.17, 15) is 0 Å². The first-order valence-electron chi connectivity index (χ1n) is 38.7. The van der Waals surface area contributed by atoms with Crippen LogP contribution in [0.4, 0.5) is 0 Å². The SMILES string of the molecule is c1ccc(-c2cc(-c3ccccc3)cc(-c3nc(-c4ccccc4)nc(-c4cccc5oc6c(-c7nc8ccccc8n7-c7ccccc7)cccc6c45)n3)c2)cc1.c1ccc(-c2nc(-c3ccc4c5ccccc5c5ccccc5c4c3)nc(-c3cccc4oc5c(-c6nc7ccccc7n6-c6ccccc6)cccc5c34)n2)cc1. The lowest BCUT2D eigenvalue weighted by Crippen LogP contribution is -2.01. The van der Waals surface area contributed by atoms with E-state index >= 15 is 0 Å². The van der Waals surface area contributed by atoms with Crippen molar-refractivity contribution in [3.63, 3.8) is 0 Å². The normalized spacial score (nSPS) is 11.6.